The second-order valence-electron chi connectivity index (χ2n) is 6.39. The van der Waals surface area contributed by atoms with Crippen LogP contribution >= 0.6 is 24.0 Å². The van der Waals surface area contributed by atoms with Gasteiger partial charge in [0.05, 0.1) is 0 Å². The van der Waals surface area contributed by atoms with Crippen molar-refractivity contribution < 1.29 is 9.50 Å². The fraction of sp³-hybridized carbons (Fsp3) is 0.286. The van der Waals surface area contributed by atoms with Crippen molar-refractivity contribution in [3.8, 4) is 5.75 Å². The molecule has 144 valence electrons. The van der Waals surface area contributed by atoms with Crippen LogP contribution in [-0.2, 0) is 6.54 Å². The normalized spacial score (nSPS) is 14.5. The summed E-state index contributed by atoms with van der Waals surface area (Å²) < 4.78 is 13.4. The van der Waals surface area contributed by atoms with Gasteiger partial charge in [-0.2, -0.15) is 0 Å². The van der Waals surface area contributed by atoms with E-state index in [2.05, 4.69) is 45.6 Å². The molecule has 0 spiro atoms. The smallest absolute Gasteiger partial charge is 0.193 e. The monoisotopic (exact) mass is 481 g/mol. The molecule has 0 aliphatic carbocycles. The van der Waals surface area contributed by atoms with E-state index in [0.29, 0.717) is 6.54 Å². The lowest BCUT2D eigenvalue weighted by atomic mass is 10.0. The van der Waals surface area contributed by atoms with E-state index in [4.69, 9.17) is 0 Å². The Morgan fingerprint density at radius 1 is 1.19 bits per heavy atom. The first kappa shape index (κ1) is 21.2. The summed E-state index contributed by atoms with van der Waals surface area (Å²) in [5, 5.41) is 12.5. The molecule has 1 heterocycles. The number of rotatable bonds is 3. The van der Waals surface area contributed by atoms with E-state index in [-0.39, 0.29) is 29.7 Å². The Hall–Kier alpha value is -2.09. The van der Waals surface area contributed by atoms with Crippen LogP contribution in [0.15, 0.2) is 59.1 Å². The lowest BCUT2D eigenvalue weighted by Crippen LogP contribution is -2.44. The first-order valence-electron chi connectivity index (χ1n) is 8.83. The number of nitrogens with one attached hydrogen (secondary N) is 1. The molecule has 0 aromatic heterocycles. The van der Waals surface area contributed by atoms with Crippen LogP contribution in [0.2, 0.25) is 0 Å². The van der Waals surface area contributed by atoms with Crippen molar-refractivity contribution in [1.29, 1.82) is 0 Å². The Morgan fingerprint density at radius 2 is 1.89 bits per heavy atom. The predicted molar refractivity (Wildman–Crippen MR) is 119 cm³/mol. The van der Waals surface area contributed by atoms with E-state index in [1.165, 1.54) is 23.3 Å². The number of nitrogens with zero attached hydrogens (tertiary/aromatic N) is 2. The number of benzene rings is 2. The molecule has 2 aromatic rings. The number of phenolic OH excluding ortho intramolecular Hbond substituents is 1. The third-order valence-corrected chi connectivity index (χ3v) is 4.55. The van der Waals surface area contributed by atoms with Crippen molar-refractivity contribution in [2.75, 3.05) is 20.1 Å². The van der Waals surface area contributed by atoms with Gasteiger partial charge in [-0.1, -0.05) is 48.0 Å². The average molecular weight is 481 g/mol. The Kier molecular flexibility index (Phi) is 8.09. The zero-order valence-corrected chi connectivity index (χ0v) is 17.7. The van der Waals surface area contributed by atoms with Crippen LogP contribution in [0.25, 0.3) is 6.08 Å². The molecule has 0 radical (unpaired) electrons. The second kappa shape index (κ2) is 10.3. The highest BCUT2D eigenvalue weighted by atomic mass is 127. The zero-order valence-electron chi connectivity index (χ0n) is 15.4. The minimum atomic E-state index is -0.604. The molecule has 0 saturated carbocycles. The summed E-state index contributed by atoms with van der Waals surface area (Å²) in [5.74, 6) is -0.114. The van der Waals surface area contributed by atoms with Gasteiger partial charge in [-0.25, -0.2) is 4.39 Å². The molecule has 1 saturated heterocycles. The summed E-state index contributed by atoms with van der Waals surface area (Å²) in [6.07, 6.45) is 4.28. The molecule has 2 aromatic carbocycles. The minimum Gasteiger partial charge on any atom is -0.505 e. The Morgan fingerprint density at radius 3 is 2.52 bits per heavy atom. The zero-order chi connectivity index (χ0) is 18.4. The highest BCUT2D eigenvalue weighted by molar-refractivity contribution is 14.0. The number of aliphatic imine (C=N–C) groups is 1. The van der Waals surface area contributed by atoms with Gasteiger partial charge in [-0.15, -0.1) is 24.0 Å². The number of hydrogen-bond acceptors (Lipinski definition) is 2. The molecule has 1 fully saturated rings. The van der Waals surface area contributed by atoms with E-state index >= 15 is 0 Å². The van der Waals surface area contributed by atoms with E-state index < -0.39 is 5.82 Å². The van der Waals surface area contributed by atoms with Gasteiger partial charge in [0, 0.05) is 26.7 Å². The molecular weight excluding hydrogens is 456 g/mol. The van der Waals surface area contributed by atoms with Crippen LogP contribution in [0, 0.1) is 5.82 Å². The summed E-state index contributed by atoms with van der Waals surface area (Å²) in [6.45, 7) is 2.28. The van der Waals surface area contributed by atoms with Crippen LogP contribution in [-0.4, -0.2) is 36.1 Å². The highest BCUT2D eigenvalue weighted by Crippen LogP contribution is 2.20. The summed E-state index contributed by atoms with van der Waals surface area (Å²) in [4.78, 5) is 6.57. The molecule has 4 nitrogen and oxygen atoms in total. The maximum absolute atomic E-state index is 13.4. The molecule has 0 atom stereocenters. The third kappa shape index (κ3) is 5.95. The highest BCUT2D eigenvalue weighted by Gasteiger charge is 2.17. The molecule has 0 unspecified atom stereocenters. The fourth-order valence-electron chi connectivity index (χ4n) is 3.11. The van der Waals surface area contributed by atoms with Gasteiger partial charge in [-0.05, 0) is 36.1 Å². The van der Waals surface area contributed by atoms with Gasteiger partial charge in [0.25, 0.3) is 0 Å². The summed E-state index contributed by atoms with van der Waals surface area (Å²) in [5.41, 5.74) is 3.46. The van der Waals surface area contributed by atoms with Crippen LogP contribution in [0.4, 0.5) is 4.39 Å². The van der Waals surface area contributed by atoms with Crippen molar-refractivity contribution in [3.63, 3.8) is 0 Å². The molecule has 0 amide bonds. The largest absolute Gasteiger partial charge is 0.505 e. The lowest BCUT2D eigenvalue weighted by Gasteiger charge is -2.31. The Labute approximate surface area is 176 Å². The molecule has 3 rings (SSSR count). The number of piperidine rings is 1. The average Bonchev–Trinajstić information content (AvgIpc) is 2.67. The molecular formula is C21H25FIN3O. The van der Waals surface area contributed by atoms with Crippen molar-refractivity contribution >= 4 is 36.0 Å². The number of halogens is 2. The number of aromatic hydroxyl groups is 1. The van der Waals surface area contributed by atoms with Gasteiger partial charge in [-0.3, -0.25) is 4.99 Å². The van der Waals surface area contributed by atoms with E-state index in [1.807, 2.05) is 6.07 Å². The van der Waals surface area contributed by atoms with Crippen molar-refractivity contribution in [1.82, 2.24) is 10.2 Å². The number of phenols is 1. The number of likely N-dealkylation sites (tertiary alicyclic amines) is 1. The fourth-order valence-corrected chi connectivity index (χ4v) is 3.11. The lowest BCUT2D eigenvalue weighted by molar-refractivity contribution is 0.375. The van der Waals surface area contributed by atoms with E-state index in [9.17, 15) is 9.50 Å². The second-order valence-corrected chi connectivity index (χ2v) is 6.39. The van der Waals surface area contributed by atoms with Crippen molar-refractivity contribution in [2.24, 2.45) is 4.99 Å². The topological polar surface area (TPSA) is 47.9 Å². The Balaban J connectivity index is 0.00000261. The Bertz CT molecular complexity index is 798. The predicted octanol–water partition coefficient (Wildman–Crippen LogP) is 4.40. The van der Waals surface area contributed by atoms with Gasteiger partial charge in [0.15, 0.2) is 17.5 Å². The maximum Gasteiger partial charge on any atom is 0.193 e. The van der Waals surface area contributed by atoms with Crippen LogP contribution in [0.5, 0.6) is 5.75 Å². The SMILES string of the molecule is CN=C(NCc1ccc(O)c(F)c1)N1CCC(=Cc2ccccc2)CC1.I. The van der Waals surface area contributed by atoms with Crippen LogP contribution in [0.3, 0.4) is 0 Å². The van der Waals surface area contributed by atoms with E-state index in [0.717, 1.165) is 37.5 Å². The van der Waals surface area contributed by atoms with Crippen LogP contribution < -0.4 is 5.32 Å². The summed E-state index contributed by atoms with van der Waals surface area (Å²) in [6, 6.07) is 14.8. The minimum absolute atomic E-state index is 0. The molecule has 1 aliphatic rings. The molecule has 2 N–H and O–H groups in total. The van der Waals surface area contributed by atoms with Crippen LogP contribution in [0.1, 0.15) is 24.0 Å². The molecule has 27 heavy (non-hydrogen) atoms. The first-order chi connectivity index (χ1) is 12.7. The molecule has 6 heteroatoms. The molecule has 1 aliphatic heterocycles. The maximum atomic E-state index is 13.4. The van der Waals surface area contributed by atoms with Gasteiger partial charge in [0.2, 0.25) is 0 Å². The van der Waals surface area contributed by atoms with Crippen molar-refractivity contribution in [2.45, 2.75) is 19.4 Å². The van der Waals surface area contributed by atoms with Crippen molar-refractivity contribution in [3.05, 3.63) is 71.0 Å². The van der Waals surface area contributed by atoms with Gasteiger partial charge < -0.3 is 15.3 Å². The first-order valence-corrected chi connectivity index (χ1v) is 8.83. The summed E-state index contributed by atoms with van der Waals surface area (Å²) >= 11 is 0. The number of guanidine groups is 1. The molecule has 0 bridgehead atoms. The third-order valence-electron chi connectivity index (χ3n) is 4.55. The quantitative estimate of drug-likeness (QED) is 0.388. The standard InChI is InChI=1S/C21H24FN3O.HI/c1-23-21(24-15-18-7-8-20(26)19(22)14-18)25-11-9-17(10-12-25)13-16-5-3-2-4-6-16;/h2-8,13-14,26H,9-12,15H2,1H3,(H,23,24);1H. The van der Waals surface area contributed by atoms with E-state index in [1.54, 1.807) is 13.1 Å². The van der Waals surface area contributed by atoms with Gasteiger partial charge in [0.1, 0.15) is 0 Å². The number of hydrogen-bond donors (Lipinski definition) is 2. The summed E-state index contributed by atoms with van der Waals surface area (Å²) in [7, 11) is 1.76. The van der Waals surface area contributed by atoms with Gasteiger partial charge >= 0.3 is 0 Å².